The Morgan fingerprint density at radius 3 is 2.30 bits per heavy atom. The lowest BCUT2D eigenvalue weighted by molar-refractivity contribution is 0.164. The fourth-order valence-corrected chi connectivity index (χ4v) is 4.10. The van der Waals surface area contributed by atoms with E-state index in [4.69, 9.17) is 4.52 Å². The molecule has 148 valence electrons. The molecule has 0 bridgehead atoms. The van der Waals surface area contributed by atoms with Crippen molar-refractivity contribution in [2.45, 2.75) is 50.4 Å². The van der Waals surface area contributed by atoms with Gasteiger partial charge in [0.05, 0.1) is 22.7 Å². The van der Waals surface area contributed by atoms with Crippen LogP contribution < -0.4 is 4.90 Å². The Balaban J connectivity index is 1.65. The highest BCUT2D eigenvalue weighted by molar-refractivity contribution is 7.92. The van der Waals surface area contributed by atoms with Gasteiger partial charge in [0, 0.05) is 26.2 Å². The maximum Gasteiger partial charge on any atom is 0.243 e. The van der Waals surface area contributed by atoms with E-state index < -0.39 is 14.6 Å². The molecule has 0 N–H and O–H groups in total. The zero-order valence-corrected chi connectivity index (χ0v) is 17.3. The van der Waals surface area contributed by atoms with Crippen LogP contribution in [0.4, 0.5) is 5.69 Å². The summed E-state index contributed by atoms with van der Waals surface area (Å²) in [6.07, 6.45) is 1.65. The van der Waals surface area contributed by atoms with Gasteiger partial charge in [-0.15, -0.1) is 0 Å². The Morgan fingerprint density at radius 1 is 1.15 bits per heavy atom. The Morgan fingerprint density at radius 2 is 1.81 bits per heavy atom. The van der Waals surface area contributed by atoms with Gasteiger partial charge in [-0.25, -0.2) is 13.4 Å². The first-order valence-electron chi connectivity index (χ1n) is 9.09. The number of nitrogens with zero attached hydrogens (tertiary/aromatic N) is 5. The van der Waals surface area contributed by atoms with Crippen molar-refractivity contribution in [3.05, 3.63) is 30.0 Å². The predicted molar refractivity (Wildman–Crippen MR) is 102 cm³/mol. The molecule has 2 aromatic rings. The number of sulfone groups is 1. The number of pyridine rings is 1. The van der Waals surface area contributed by atoms with Gasteiger partial charge < -0.3 is 9.42 Å². The molecule has 0 aliphatic carbocycles. The van der Waals surface area contributed by atoms with Gasteiger partial charge in [-0.1, -0.05) is 5.16 Å². The van der Waals surface area contributed by atoms with Crippen LogP contribution in [0.15, 0.2) is 27.9 Å². The molecule has 1 unspecified atom stereocenters. The minimum absolute atomic E-state index is 0.0748. The van der Waals surface area contributed by atoms with Crippen LogP contribution in [0.5, 0.6) is 0 Å². The normalized spacial score (nSPS) is 17.9. The molecule has 0 saturated carbocycles. The van der Waals surface area contributed by atoms with Crippen LogP contribution in [0.2, 0.25) is 0 Å². The molecule has 8 nitrogen and oxygen atoms in total. The van der Waals surface area contributed by atoms with Crippen molar-refractivity contribution >= 4 is 15.5 Å². The molecular weight excluding hydrogens is 366 g/mol. The molecule has 3 heterocycles. The third-order valence-corrected chi connectivity index (χ3v) is 7.33. The fraction of sp³-hybridized carbons (Fsp3) is 0.611. The quantitative estimate of drug-likeness (QED) is 0.781. The van der Waals surface area contributed by atoms with E-state index in [-0.39, 0.29) is 11.1 Å². The summed E-state index contributed by atoms with van der Waals surface area (Å²) in [5.74, 6) is 1.28. The predicted octanol–water partition coefficient (Wildman–Crippen LogP) is 2.23. The lowest BCUT2D eigenvalue weighted by Crippen LogP contribution is -2.47. The van der Waals surface area contributed by atoms with E-state index >= 15 is 0 Å². The van der Waals surface area contributed by atoms with Gasteiger partial charge in [-0.05, 0) is 46.8 Å². The second kappa shape index (κ2) is 7.20. The van der Waals surface area contributed by atoms with E-state index in [1.54, 1.807) is 33.0 Å². The Hall–Kier alpha value is -2.00. The van der Waals surface area contributed by atoms with Crippen LogP contribution in [0.1, 0.15) is 45.5 Å². The van der Waals surface area contributed by atoms with Crippen molar-refractivity contribution < 1.29 is 12.9 Å². The summed E-state index contributed by atoms with van der Waals surface area (Å²) in [5, 5.41) is 3.98. The monoisotopic (exact) mass is 393 g/mol. The number of aromatic nitrogens is 3. The molecule has 1 atom stereocenters. The van der Waals surface area contributed by atoms with Gasteiger partial charge in [0.15, 0.2) is 20.7 Å². The second-order valence-corrected chi connectivity index (χ2v) is 10.5. The highest BCUT2D eigenvalue weighted by atomic mass is 32.2. The van der Waals surface area contributed by atoms with Crippen LogP contribution in [0.3, 0.4) is 0 Å². The van der Waals surface area contributed by atoms with E-state index in [1.807, 2.05) is 13.0 Å². The third-order valence-electron chi connectivity index (χ3n) is 4.93. The minimum atomic E-state index is -3.43. The first-order valence-corrected chi connectivity index (χ1v) is 10.6. The smallest absolute Gasteiger partial charge is 0.243 e. The van der Waals surface area contributed by atoms with Crippen LogP contribution in [-0.2, 0) is 9.84 Å². The summed E-state index contributed by atoms with van der Waals surface area (Å²) in [7, 11) is -3.43. The molecule has 0 spiro atoms. The highest BCUT2D eigenvalue weighted by Gasteiger charge is 2.32. The summed E-state index contributed by atoms with van der Waals surface area (Å²) >= 11 is 0. The molecule has 0 amide bonds. The molecule has 9 heteroatoms. The number of aryl methyl sites for hydroxylation is 1. The number of piperazine rings is 1. The number of hydrogen-bond acceptors (Lipinski definition) is 8. The summed E-state index contributed by atoms with van der Waals surface area (Å²) in [4.78, 5) is 13.0. The second-order valence-electron chi connectivity index (χ2n) is 7.85. The molecule has 27 heavy (non-hydrogen) atoms. The summed E-state index contributed by atoms with van der Waals surface area (Å²) in [6, 6.07) is 3.52. The molecule has 1 aliphatic heterocycles. The van der Waals surface area contributed by atoms with Crippen LogP contribution >= 0.6 is 0 Å². The average molecular weight is 394 g/mol. The summed E-state index contributed by atoms with van der Waals surface area (Å²) < 4.78 is 29.4. The van der Waals surface area contributed by atoms with Gasteiger partial charge in [-0.3, -0.25) is 4.90 Å². The molecule has 2 aromatic heterocycles. The van der Waals surface area contributed by atoms with Crippen LogP contribution in [0.25, 0.3) is 0 Å². The topological polar surface area (TPSA) is 92.4 Å². The molecule has 0 aromatic carbocycles. The molecule has 1 fully saturated rings. The molecule has 1 aliphatic rings. The van der Waals surface area contributed by atoms with Crippen molar-refractivity contribution in [2.24, 2.45) is 0 Å². The maximum atomic E-state index is 12.5. The van der Waals surface area contributed by atoms with Gasteiger partial charge in [0.2, 0.25) is 5.89 Å². The molecular formula is C18H27N5O3S. The van der Waals surface area contributed by atoms with Crippen LogP contribution in [-0.4, -0.2) is 59.4 Å². The van der Waals surface area contributed by atoms with Gasteiger partial charge in [0.1, 0.15) is 0 Å². The largest absolute Gasteiger partial charge is 0.368 e. The minimum Gasteiger partial charge on any atom is -0.368 e. The SMILES string of the molecule is Cc1noc(C(C)N2CCN(c3ccc(S(=O)(=O)C(C)(C)C)nc3)CC2)n1. The van der Waals surface area contributed by atoms with Gasteiger partial charge >= 0.3 is 0 Å². The maximum absolute atomic E-state index is 12.5. The molecule has 0 radical (unpaired) electrons. The Labute approximate surface area is 160 Å². The van der Waals surface area contributed by atoms with E-state index in [2.05, 4.69) is 31.8 Å². The first kappa shape index (κ1) is 19.8. The van der Waals surface area contributed by atoms with Crippen molar-refractivity contribution in [1.82, 2.24) is 20.0 Å². The Bertz CT molecular complexity index is 878. The average Bonchev–Trinajstić information content (AvgIpc) is 3.07. The van der Waals surface area contributed by atoms with Crippen molar-refractivity contribution in [2.75, 3.05) is 31.1 Å². The zero-order valence-electron chi connectivity index (χ0n) is 16.5. The highest BCUT2D eigenvalue weighted by Crippen LogP contribution is 2.26. The van der Waals surface area contributed by atoms with Crippen molar-refractivity contribution in [3.63, 3.8) is 0 Å². The lowest BCUT2D eigenvalue weighted by Gasteiger charge is -2.37. The molecule has 1 saturated heterocycles. The summed E-state index contributed by atoms with van der Waals surface area (Å²) in [5.41, 5.74) is 0.934. The van der Waals surface area contributed by atoms with Gasteiger partial charge in [0.25, 0.3) is 0 Å². The lowest BCUT2D eigenvalue weighted by atomic mass is 10.2. The zero-order chi connectivity index (χ0) is 19.8. The number of hydrogen-bond donors (Lipinski definition) is 0. The number of anilines is 1. The third kappa shape index (κ3) is 3.98. The molecule has 3 rings (SSSR count). The first-order chi connectivity index (χ1) is 12.6. The standard InChI is InChI=1S/C18H27N5O3S/c1-13(17-20-14(2)21-26-17)22-8-10-23(11-9-22)15-6-7-16(19-12-15)27(24,25)18(3,4)5/h6-7,12-13H,8-11H2,1-5H3. The van der Waals surface area contributed by atoms with Crippen molar-refractivity contribution in [1.29, 1.82) is 0 Å². The fourth-order valence-electron chi connectivity index (χ4n) is 3.04. The van der Waals surface area contributed by atoms with Crippen molar-refractivity contribution in [3.8, 4) is 0 Å². The number of rotatable bonds is 4. The van der Waals surface area contributed by atoms with E-state index in [9.17, 15) is 8.42 Å². The van der Waals surface area contributed by atoms with Crippen LogP contribution in [0, 0.1) is 6.92 Å². The van der Waals surface area contributed by atoms with E-state index in [1.165, 1.54) is 0 Å². The Kier molecular flexibility index (Phi) is 5.27. The summed E-state index contributed by atoms with van der Waals surface area (Å²) in [6.45, 7) is 12.3. The van der Waals surface area contributed by atoms with Gasteiger partial charge in [-0.2, -0.15) is 4.98 Å². The van der Waals surface area contributed by atoms with E-state index in [0.29, 0.717) is 11.7 Å². The van der Waals surface area contributed by atoms with E-state index in [0.717, 1.165) is 31.9 Å².